The summed E-state index contributed by atoms with van der Waals surface area (Å²) in [6.45, 7) is 0. The van der Waals surface area contributed by atoms with Crippen LogP contribution in [-0.2, 0) is 6.42 Å². The molecule has 2 heterocycles. The van der Waals surface area contributed by atoms with Crippen LogP contribution in [0.3, 0.4) is 0 Å². The van der Waals surface area contributed by atoms with Crippen molar-refractivity contribution in [2.24, 2.45) is 0 Å². The lowest BCUT2D eigenvalue weighted by Gasteiger charge is -1.83. The van der Waals surface area contributed by atoms with Gasteiger partial charge < -0.3 is 0 Å². The second kappa shape index (κ2) is 4.08. The van der Waals surface area contributed by atoms with Crippen molar-refractivity contribution in [1.82, 2.24) is 19.8 Å². The highest BCUT2D eigenvalue weighted by Gasteiger charge is 2.07. The van der Waals surface area contributed by atoms with Crippen molar-refractivity contribution in [3.8, 4) is 9.88 Å². The second-order valence-corrected chi connectivity index (χ2v) is 4.45. The fraction of sp³-hybridized carbons (Fsp3) is 0.333. The molecule has 4 nitrogen and oxygen atoms in total. The number of aromatic nitrogens is 4. The predicted octanol–water partition coefficient (Wildman–Crippen LogP) is 1.84. The molecular weight excluding hydrogens is 228 g/mol. The molecule has 0 aliphatic rings. The molecule has 0 saturated heterocycles. The van der Waals surface area contributed by atoms with Gasteiger partial charge in [-0.2, -0.15) is 0 Å². The summed E-state index contributed by atoms with van der Waals surface area (Å²) in [5.41, 5.74) is 0. The molecule has 0 saturated carbocycles. The average Bonchev–Trinajstić information content (AvgIpc) is 2.70. The van der Waals surface area contributed by atoms with Gasteiger partial charge in [0.2, 0.25) is 0 Å². The Bertz CT molecular complexity index is 372. The summed E-state index contributed by atoms with van der Waals surface area (Å²) in [7, 11) is 0. The molecule has 0 aromatic carbocycles. The van der Waals surface area contributed by atoms with Crippen LogP contribution < -0.4 is 0 Å². The van der Waals surface area contributed by atoms with E-state index in [1.165, 1.54) is 22.9 Å². The van der Waals surface area contributed by atoms with Gasteiger partial charge in [-0.15, -0.1) is 26.9 Å². The van der Waals surface area contributed by atoms with E-state index in [9.17, 15) is 0 Å². The highest BCUT2D eigenvalue weighted by molar-refractivity contribution is 7.19. The van der Waals surface area contributed by atoms with E-state index < -0.39 is 0 Å². The maximum Gasteiger partial charge on any atom is 0.161 e. The summed E-state index contributed by atoms with van der Waals surface area (Å²) in [5.74, 6) is 0.579. The molecule has 13 heavy (non-hydrogen) atoms. The molecule has 2 aromatic rings. The first-order chi connectivity index (χ1) is 6.40. The lowest BCUT2D eigenvalue weighted by atomic mass is 10.5. The average molecular weight is 233 g/mol. The van der Waals surface area contributed by atoms with Crippen molar-refractivity contribution in [1.29, 1.82) is 0 Å². The van der Waals surface area contributed by atoms with Crippen LogP contribution in [0.1, 0.15) is 5.01 Å². The zero-order valence-corrected chi connectivity index (χ0v) is 8.86. The minimum atomic E-state index is 0.579. The van der Waals surface area contributed by atoms with Crippen molar-refractivity contribution in [3.63, 3.8) is 0 Å². The van der Waals surface area contributed by atoms with Crippen LogP contribution in [-0.4, -0.2) is 25.7 Å². The molecule has 68 valence electrons. The molecule has 0 bridgehead atoms. The molecule has 7 heteroatoms. The van der Waals surface area contributed by atoms with Gasteiger partial charge in [-0.05, 0) is 11.5 Å². The lowest BCUT2D eigenvalue weighted by Crippen LogP contribution is -1.82. The third-order valence-electron chi connectivity index (χ3n) is 1.35. The maximum absolute atomic E-state index is 5.59. The largest absolute Gasteiger partial charge is 0.161 e. The number of hydrogen-bond donors (Lipinski definition) is 0. The van der Waals surface area contributed by atoms with E-state index in [0.29, 0.717) is 5.88 Å². The zero-order chi connectivity index (χ0) is 9.10. The Labute approximate surface area is 87.8 Å². The number of hydrogen-bond acceptors (Lipinski definition) is 6. The summed E-state index contributed by atoms with van der Waals surface area (Å²) >= 11 is 8.45. The van der Waals surface area contributed by atoms with E-state index in [1.807, 2.05) is 0 Å². The van der Waals surface area contributed by atoms with Gasteiger partial charge in [-0.3, -0.25) is 0 Å². The van der Waals surface area contributed by atoms with Gasteiger partial charge in [0.1, 0.15) is 9.88 Å². The summed E-state index contributed by atoms with van der Waals surface area (Å²) < 4.78 is 3.76. The van der Waals surface area contributed by atoms with Crippen LogP contribution in [0.25, 0.3) is 9.88 Å². The summed E-state index contributed by atoms with van der Waals surface area (Å²) in [4.78, 5) is 0.957. The number of rotatable bonds is 3. The number of halogens is 1. The van der Waals surface area contributed by atoms with Crippen LogP contribution in [0, 0.1) is 0 Å². The molecule has 0 unspecified atom stereocenters. The van der Waals surface area contributed by atoms with E-state index in [2.05, 4.69) is 19.8 Å². The van der Waals surface area contributed by atoms with E-state index in [0.717, 1.165) is 21.3 Å². The smallest absolute Gasteiger partial charge is 0.146 e. The third-order valence-corrected chi connectivity index (χ3v) is 3.35. The van der Waals surface area contributed by atoms with Crippen LogP contribution in [0.4, 0.5) is 0 Å². The van der Waals surface area contributed by atoms with Gasteiger partial charge in [0.05, 0.1) is 6.20 Å². The standard InChI is InChI=1S/C6H5ClN4S2/c7-2-1-5-9-10-6(12-5)4-3-8-11-13-4/h3H,1-2H2. The predicted molar refractivity (Wildman–Crippen MR) is 53.2 cm³/mol. The van der Waals surface area contributed by atoms with E-state index >= 15 is 0 Å². The molecule has 0 atom stereocenters. The van der Waals surface area contributed by atoms with Gasteiger partial charge in [0, 0.05) is 12.3 Å². The molecule has 0 fully saturated rings. The van der Waals surface area contributed by atoms with Gasteiger partial charge in [-0.25, -0.2) is 0 Å². The zero-order valence-electron chi connectivity index (χ0n) is 6.47. The number of aryl methyl sites for hydroxylation is 1. The molecule has 0 radical (unpaired) electrons. The summed E-state index contributed by atoms with van der Waals surface area (Å²) in [6.07, 6.45) is 2.46. The molecule has 0 spiro atoms. The SMILES string of the molecule is ClCCc1nnc(-c2cnns2)s1. The fourth-order valence-corrected chi connectivity index (χ4v) is 2.46. The topological polar surface area (TPSA) is 51.6 Å². The van der Waals surface area contributed by atoms with E-state index in [-0.39, 0.29) is 0 Å². The highest BCUT2D eigenvalue weighted by atomic mass is 35.5. The van der Waals surface area contributed by atoms with Crippen molar-refractivity contribution in [3.05, 3.63) is 11.2 Å². The van der Waals surface area contributed by atoms with Crippen molar-refractivity contribution in [2.45, 2.75) is 6.42 Å². The lowest BCUT2D eigenvalue weighted by molar-refractivity contribution is 0.990. The van der Waals surface area contributed by atoms with E-state index in [4.69, 9.17) is 11.6 Å². The minimum absolute atomic E-state index is 0.579. The fourth-order valence-electron chi connectivity index (χ4n) is 0.796. The molecule has 0 N–H and O–H groups in total. The highest BCUT2D eigenvalue weighted by Crippen LogP contribution is 2.25. The first-order valence-corrected chi connectivity index (χ1v) is 5.68. The Morgan fingerprint density at radius 1 is 1.38 bits per heavy atom. The normalized spacial score (nSPS) is 10.5. The molecular formula is C6H5ClN4S2. The molecule has 2 aromatic heterocycles. The van der Waals surface area contributed by atoms with Gasteiger partial charge in [-0.1, -0.05) is 15.8 Å². The quantitative estimate of drug-likeness (QED) is 0.758. The minimum Gasteiger partial charge on any atom is -0.146 e. The Balaban J connectivity index is 2.23. The first-order valence-electron chi connectivity index (χ1n) is 3.56. The van der Waals surface area contributed by atoms with Crippen molar-refractivity contribution in [2.75, 3.05) is 5.88 Å². The molecule has 0 amide bonds. The van der Waals surface area contributed by atoms with E-state index in [1.54, 1.807) is 6.20 Å². The molecule has 0 aliphatic carbocycles. The maximum atomic E-state index is 5.59. The van der Waals surface area contributed by atoms with Crippen LogP contribution >= 0.6 is 34.5 Å². The summed E-state index contributed by atoms with van der Waals surface area (Å²) in [6, 6.07) is 0. The van der Waals surface area contributed by atoms with Crippen LogP contribution in [0.5, 0.6) is 0 Å². The molecule has 2 rings (SSSR count). The number of nitrogens with zero attached hydrogens (tertiary/aromatic N) is 4. The van der Waals surface area contributed by atoms with Gasteiger partial charge in [0.15, 0.2) is 5.01 Å². The second-order valence-electron chi connectivity index (χ2n) is 2.22. The van der Waals surface area contributed by atoms with Crippen LogP contribution in [0.15, 0.2) is 6.20 Å². The van der Waals surface area contributed by atoms with Gasteiger partial charge in [0.25, 0.3) is 0 Å². The Kier molecular flexibility index (Phi) is 2.82. The first kappa shape index (κ1) is 8.98. The molecule has 0 aliphatic heterocycles. The van der Waals surface area contributed by atoms with Crippen molar-refractivity contribution >= 4 is 34.5 Å². The Hall–Kier alpha value is -0.590. The third kappa shape index (κ3) is 2.01. The monoisotopic (exact) mass is 232 g/mol. The summed E-state index contributed by atoms with van der Waals surface area (Å²) in [5, 5.41) is 13.6. The van der Waals surface area contributed by atoms with Gasteiger partial charge >= 0.3 is 0 Å². The number of alkyl halides is 1. The van der Waals surface area contributed by atoms with Crippen LogP contribution in [0.2, 0.25) is 0 Å². The van der Waals surface area contributed by atoms with Crippen molar-refractivity contribution < 1.29 is 0 Å². The Morgan fingerprint density at radius 2 is 2.31 bits per heavy atom. The Morgan fingerprint density at radius 3 is 3.00 bits per heavy atom.